The summed E-state index contributed by atoms with van der Waals surface area (Å²) in [6.45, 7) is 3.66. The van der Waals surface area contributed by atoms with Gasteiger partial charge < -0.3 is 9.84 Å². The van der Waals surface area contributed by atoms with Gasteiger partial charge in [-0.1, -0.05) is 25.4 Å². The van der Waals surface area contributed by atoms with Gasteiger partial charge in [-0.25, -0.2) is 13.1 Å². The van der Waals surface area contributed by atoms with Gasteiger partial charge in [0.1, 0.15) is 10.6 Å². The molecule has 0 spiro atoms. The lowest BCUT2D eigenvalue weighted by Gasteiger charge is -2.19. The summed E-state index contributed by atoms with van der Waals surface area (Å²) in [6, 6.07) is 3.77. The van der Waals surface area contributed by atoms with Crippen molar-refractivity contribution in [2.45, 2.75) is 31.2 Å². The molecule has 0 aliphatic rings. The molecular formula is C13H20ClNO4S. The van der Waals surface area contributed by atoms with E-state index in [-0.39, 0.29) is 23.2 Å². The molecule has 114 valence electrons. The molecule has 0 aliphatic carbocycles. The highest BCUT2D eigenvalue weighted by atomic mass is 35.5. The lowest BCUT2D eigenvalue weighted by Crippen LogP contribution is -2.38. The van der Waals surface area contributed by atoms with Gasteiger partial charge in [0.25, 0.3) is 0 Å². The molecule has 1 rings (SSSR count). The van der Waals surface area contributed by atoms with E-state index in [0.29, 0.717) is 11.4 Å². The fourth-order valence-corrected chi connectivity index (χ4v) is 3.43. The summed E-state index contributed by atoms with van der Waals surface area (Å²) >= 11 is 5.81. The molecule has 0 radical (unpaired) electrons. The van der Waals surface area contributed by atoms with Crippen LogP contribution in [0.25, 0.3) is 0 Å². The average Bonchev–Trinajstić information content (AvgIpc) is 2.36. The fraction of sp³-hybridized carbons (Fsp3) is 0.538. The second-order valence-electron chi connectivity index (χ2n) is 4.93. The van der Waals surface area contributed by atoms with Crippen LogP contribution in [0.1, 0.15) is 20.3 Å². The van der Waals surface area contributed by atoms with Crippen molar-refractivity contribution in [2.75, 3.05) is 13.7 Å². The van der Waals surface area contributed by atoms with Crippen molar-refractivity contribution in [3.63, 3.8) is 0 Å². The Morgan fingerprint density at radius 1 is 1.40 bits per heavy atom. The van der Waals surface area contributed by atoms with E-state index in [1.807, 2.05) is 13.8 Å². The smallest absolute Gasteiger partial charge is 0.244 e. The second-order valence-corrected chi connectivity index (χ2v) is 7.04. The Hall–Kier alpha value is -0.820. The molecule has 0 fully saturated rings. The van der Waals surface area contributed by atoms with Crippen LogP contribution in [0.15, 0.2) is 23.1 Å². The normalized spacial score (nSPS) is 13.5. The molecule has 20 heavy (non-hydrogen) atoms. The number of hydrogen-bond acceptors (Lipinski definition) is 4. The Kier molecular flexibility index (Phi) is 6.26. The van der Waals surface area contributed by atoms with Crippen LogP contribution in [0, 0.1) is 5.92 Å². The minimum Gasteiger partial charge on any atom is -0.495 e. The van der Waals surface area contributed by atoms with Gasteiger partial charge in [-0.2, -0.15) is 0 Å². The number of halogens is 1. The first-order chi connectivity index (χ1) is 9.30. The Bertz CT molecular complexity index is 545. The molecule has 5 nitrogen and oxygen atoms in total. The summed E-state index contributed by atoms with van der Waals surface area (Å²) in [5, 5.41) is 9.67. The number of hydrogen-bond donors (Lipinski definition) is 2. The predicted octanol–water partition coefficient (Wildman–Crippen LogP) is 2.03. The molecule has 1 unspecified atom stereocenters. The number of sulfonamides is 1. The maximum absolute atomic E-state index is 12.3. The van der Waals surface area contributed by atoms with Crippen molar-refractivity contribution in [1.29, 1.82) is 0 Å². The number of ether oxygens (including phenoxy) is 1. The minimum absolute atomic E-state index is 0.00612. The van der Waals surface area contributed by atoms with Crippen LogP contribution in [0.5, 0.6) is 5.75 Å². The van der Waals surface area contributed by atoms with E-state index in [1.54, 1.807) is 0 Å². The van der Waals surface area contributed by atoms with Crippen LogP contribution in [0.2, 0.25) is 5.02 Å². The van der Waals surface area contributed by atoms with E-state index in [0.717, 1.165) is 0 Å². The van der Waals surface area contributed by atoms with Crippen molar-refractivity contribution >= 4 is 21.6 Å². The summed E-state index contributed by atoms with van der Waals surface area (Å²) < 4.78 is 32.2. The lowest BCUT2D eigenvalue weighted by atomic mass is 10.1. The highest BCUT2D eigenvalue weighted by Crippen LogP contribution is 2.27. The summed E-state index contributed by atoms with van der Waals surface area (Å²) in [5.41, 5.74) is 0. The van der Waals surface area contributed by atoms with Crippen LogP contribution < -0.4 is 9.46 Å². The van der Waals surface area contributed by atoms with Gasteiger partial charge in [0.15, 0.2) is 0 Å². The first-order valence-electron chi connectivity index (χ1n) is 6.27. The van der Waals surface area contributed by atoms with Crippen molar-refractivity contribution in [1.82, 2.24) is 4.72 Å². The maximum Gasteiger partial charge on any atom is 0.244 e. The molecule has 0 aromatic heterocycles. The van der Waals surface area contributed by atoms with Gasteiger partial charge in [0, 0.05) is 17.1 Å². The lowest BCUT2D eigenvalue weighted by molar-refractivity contribution is 0.240. The number of nitrogens with one attached hydrogen (secondary N) is 1. The van der Waals surface area contributed by atoms with Crippen molar-refractivity contribution < 1.29 is 18.3 Å². The second kappa shape index (κ2) is 7.26. The number of aliphatic hydroxyl groups excluding tert-OH is 1. The monoisotopic (exact) mass is 321 g/mol. The molecule has 0 saturated carbocycles. The summed E-state index contributed by atoms with van der Waals surface area (Å²) in [6.07, 6.45) is 0.547. The SMILES string of the molecule is COc1cc(Cl)ccc1S(=O)(=O)NC(CO)CC(C)C. The van der Waals surface area contributed by atoms with Crippen LogP contribution in [0.3, 0.4) is 0 Å². The third kappa shape index (κ3) is 4.63. The zero-order valence-corrected chi connectivity index (χ0v) is 13.3. The van der Waals surface area contributed by atoms with Crippen LogP contribution >= 0.6 is 11.6 Å². The van der Waals surface area contributed by atoms with Crippen LogP contribution in [-0.2, 0) is 10.0 Å². The van der Waals surface area contributed by atoms with Gasteiger partial charge in [-0.15, -0.1) is 0 Å². The van der Waals surface area contributed by atoms with E-state index < -0.39 is 16.1 Å². The van der Waals surface area contributed by atoms with E-state index in [2.05, 4.69) is 4.72 Å². The van der Waals surface area contributed by atoms with Crippen LogP contribution in [0.4, 0.5) is 0 Å². The van der Waals surface area contributed by atoms with Crippen molar-refractivity contribution in [3.05, 3.63) is 23.2 Å². The molecule has 0 saturated heterocycles. The Morgan fingerprint density at radius 2 is 2.05 bits per heavy atom. The highest BCUT2D eigenvalue weighted by molar-refractivity contribution is 7.89. The third-order valence-electron chi connectivity index (χ3n) is 2.71. The Morgan fingerprint density at radius 3 is 2.55 bits per heavy atom. The molecule has 1 atom stereocenters. The van der Waals surface area contributed by atoms with Gasteiger partial charge in [-0.3, -0.25) is 0 Å². The summed E-state index contributed by atoms with van der Waals surface area (Å²) in [5.74, 6) is 0.438. The molecule has 0 bridgehead atoms. The molecule has 1 aromatic rings. The standard InChI is InChI=1S/C13H20ClNO4S/c1-9(2)6-11(8-16)15-20(17,18)13-5-4-10(14)7-12(13)19-3/h4-5,7,9,11,15-16H,6,8H2,1-3H3. The maximum atomic E-state index is 12.3. The highest BCUT2D eigenvalue weighted by Gasteiger charge is 2.23. The molecule has 0 heterocycles. The van der Waals surface area contributed by atoms with Crippen molar-refractivity contribution in [3.8, 4) is 5.75 Å². The fourth-order valence-electron chi connectivity index (χ4n) is 1.88. The topological polar surface area (TPSA) is 75.6 Å². The Balaban J connectivity index is 3.04. The van der Waals surface area contributed by atoms with E-state index in [9.17, 15) is 13.5 Å². The van der Waals surface area contributed by atoms with Gasteiger partial charge in [0.05, 0.1) is 13.7 Å². The Labute approximate surface area is 125 Å². The number of methoxy groups -OCH3 is 1. The third-order valence-corrected chi connectivity index (χ3v) is 4.51. The van der Waals surface area contributed by atoms with E-state index >= 15 is 0 Å². The zero-order valence-electron chi connectivity index (χ0n) is 11.8. The molecule has 0 amide bonds. The molecule has 2 N–H and O–H groups in total. The first kappa shape index (κ1) is 17.2. The molecular weight excluding hydrogens is 302 g/mol. The number of aliphatic hydroxyl groups is 1. The molecule has 1 aromatic carbocycles. The molecule has 7 heteroatoms. The largest absolute Gasteiger partial charge is 0.495 e. The number of rotatable bonds is 7. The van der Waals surface area contributed by atoms with Gasteiger partial charge in [-0.05, 0) is 24.5 Å². The number of benzene rings is 1. The predicted molar refractivity (Wildman–Crippen MR) is 78.7 cm³/mol. The first-order valence-corrected chi connectivity index (χ1v) is 8.13. The average molecular weight is 322 g/mol. The van der Waals surface area contributed by atoms with Crippen molar-refractivity contribution in [2.24, 2.45) is 5.92 Å². The zero-order chi connectivity index (χ0) is 15.3. The minimum atomic E-state index is -3.77. The van der Waals surface area contributed by atoms with E-state index in [4.69, 9.17) is 16.3 Å². The molecule has 0 aliphatic heterocycles. The van der Waals surface area contributed by atoms with Crippen LogP contribution in [-0.4, -0.2) is 33.3 Å². The summed E-state index contributed by atoms with van der Waals surface area (Å²) in [7, 11) is -2.39. The quantitative estimate of drug-likeness (QED) is 0.805. The van der Waals surface area contributed by atoms with E-state index in [1.165, 1.54) is 25.3 Å². The van der Waals surface area contributed by atoms with Gasteiger partial charge >= 0.3 is 0 Å². The summed E-state index contributed by atoms with van der Waals surface area (Å²) in [4.78, 5) is 0.00612. The van der Waals surface area contributed by atoms with Gasteiger partial charge in [0.2, 0.25) is 10.0 Å².